The topological polar surface area (TPSA) is 72.7 Å². The summed E-state index contributed by atoms with van der Waals surface area (Å²) in [7, 11) is 0. The molecule has 0 saturated carbocycles. The highest BCUT2D eigenvalue weighted by atomic mass is 35.5. The molecule has 4 aromatic rings. The molecule has 8 heteroatoms. The van der Waals surface area contributed by atoms with Crippen LogP contribution in [-0.4, -0.2) is 31.4 Å². The smallest absolute Gasteiger partial charge is 0.230 e. The third kappa shape index (κ3) is 5.13. The van der Waals surface area contributed by atoms with Crippen molar-refractivity contribution in [3.63, 3.8) is 0 Å². The summed E-state index contributed by atoms with van der Waals surface area (Å²) < 4.78 is 1.94. The molecule has 0 radical (unpaired) electrons. The molecule has 2 aromatic carbocycles. The van der Waals surface area contributed by atoms with Gasteiger partial charge in [-0.3, -0.25) is 14.3 Å². The van der Waals surface area contributed by atoms with E-state index in [1.807, 2.05) is 78.2 Å². The van der Waals surface area contributed by atoms with E-state index in [1.54, 1.807) is 12.4 Å². The summed E-state index contributed by atoms with van der Waals surface area (Å²) in [5, 5.41) is 13.0. The maximum atomic E-state index is 12.6. The number of benzene rings is 2. The van der Waals surface area contributed by atoms with E-state index in [0.29, 0.717) is 16.0 Å². The molecule has 0 fully saturated rings. The van der Waals surface area contributed by atoms with Crippen LogP contribution >= 0.6 is 23.4 Å². The minimum atomic E-state index is -0.148. The molecule has 1 atom stereocenters. The van der Waals surface area contributed by atoms with Gasteiger partial charge in [0.25, 0.3) is 0 Å². The Bertz CT molecular complexity index is 1170. The molecule has 1 amide bonds. The molecule has 0 aliphatic carbocycles. The van der Waals surface area contributed by atoms with Crippen LogP contribution in [0.15, 0.2) is 84.3 Å². The van der Waals surface area contributed by atoms with Gasteiger partial charge >= 0.3 is 0 Å². The van der Waals surface area contributed by atoms with Gasteiger partial charge in [0.15, 0.2) is 11.0 Å². The predicted octanol–water partition coefficient (Wildman–Crippen LogP) is 4.95. The first-order valence-corrected chi connectivity index (χ1v) is 11.1. The first-order valence-electron chi connectivity index (χ1n) is 9.70. The van der Waals surface area contributed by atoms with Gasteiger partial charge in [0.2, 0.25) is 5.91 Å². The number of carbonyl (C=O) groups is 1. The van der Waals surface area contributed by atoms with Gasteiger partial charge in [-0.2, -0.15) is 0 Å². The third-order valence-electron chi connectivity index (χ3n) is 4.63. The summed E-state index contributed by atoms with van der Waals surface area (Å²) in [6, 6.07) is 20.9. The summed E-state index contributed by atoms with van der Waals surface area (Å²) >= 11 is 7.39. The summed E-state index contributed by atoms with van der Waals surface area (Å²) in [6.45, 7) is 1.93. The molecule has 0 aliphatic heterocycles. The minimum absolute atomic E-state index is 0.0944. The lowest BCUT2D eigenvalue weighted by Crippen LogP contribution is -2.28. The number of para-hydroxylation sites is 1. The molecule has 4 rings (SSSR count). The number of halogens is 1. The standard InChI is InChI=1S/C23H20ClN5OS/c1-16(17-7-5-9-19(24)13-17)26-21(30)15-31-23-28-27-22(18-8-6-12-25-14-18)29(23)20-10-3-2-4-11-20/h2-14,16H,15H2,1H3,(H,26,30). The number of nitrogens with one attached hydrogen (secondary N) is 1. The average Bonchev–Trinajstić information content (AvgIpc) is 3.23. The summed E-state index contributed by atoms with van der Waals surface area (Å²) in [5.41, 5.74) is 2.73. The van der Waals surface area contributed by atoms with Gasteiger partial charge in [0.1, 0.15) is 0 Å². The van der Waals surface area contributed by atoms with Crippen molar-refractivity contribution >= 4 is 29.3 Å². The van der Waals surface area contributed by atoms with Crippen molar-refractivity contribution in [2.45, 2.75) is 18.1 Å². The van der Waals surface area contributed by atoms with Crippen LogP contribution in [0.1, 0.15) is 18.5 Å². The Morgan fingerprint density at radius 2 is 1.94 bits per heavy atom. The van der Waals surface area contributed by atoms with Gasteiger partial charge in [-0.1, -0.05) is 53.7 Å². The van der Waals surface area contributed by atoms with Crippen molar-refractivity contribution in [1.82, 2.24) is 25.1 Å². The van der Waals surface area contributed by atoms with E-state index in [2.05, 4.69) is 20.5 Å². The second-order valence-corrected chi connectivity index (χ2v) is 8.23. The molecule has 1 N–H and O–H groups in total. The lowest BCUT2D eigenvalue weighted by atomic mass is 10.1. The fourth-order valence-electron chi connectivity index (χ4n) is 3.13. The monoisotopic (exact) mass is 449 g/mol. The van der Waals surface area contributed by atoms with Gasteiger partial charge in [0, 0.05) is 28.7 Å². The van der Waals surface area contributed by atoms with Crippen molar-refractivity contribution in [3.8, 4) is 17.1 Å². The molecule has 2 heterocycles. The van der Waals surface area contributed by atoms with Crippen LogP contribution in [-0.2, 0) is 4.79 Å². The van der Waals surface area contributed by atoms with E-state index in [4.69, 9.17) is 11.6 Å². The van der Waals surface area contributed by atoms with Crippen LogP contribution in [0.25, 0.3) is 17.1 Å². The van der Waals surface area contributed by atoms with Gasteiger partial charge < -0.3 is 5.32 Å². The number of carbonyl (C=O) groups excluding carboxylic acids is 1. The summed E-state index contributed by atoms with van der Waals surface area (Å²) in [6.07, 6.45) is 3.46. The number of hydrogen-bond donors (Lipinski definition) is 1. The molecule has 0 saturated heterocycles. The Kier molecular flexibility index (Phi) is 6.64. The van der Waals surface area contributed by atoms with Gasteiger partial charge in [-0.25, -0.2) is 0 Å². The van der Waals surface area contributed by atoms with Crippen molar-refractivity contribution < 1.29 is 4.79 Å². The van der Waals surface area contributed by atoms with Crippen molar-refractivity contribution in [2.75, 3.05) is 5.75 Å². The van der Waals surface area contributed by atoms with Crippen LogP contribution in [0, 0.1) is 0 Å². The highest BCUT2D eigenvalue weighted by Crippen LogP contribution is 2.27. The fraction of sp³-hybridized carbons (Fsp3) is 0.130. The van der Waals surface area contributed by atoms with Crippen LogP contribution < -0.4 is 5.32 Å². The minimum Gasteiger partial charge on any atom is -0.349 e. The number of rotatable bonds is 7. The first kappa shape index (κ1) is 21.1. The zero-order chi connectivity index (χ0) is 21.6. The molecule has 0 spiro atoms. The van der Waals surface area contributed by atoms with E-state index in [0.717, 1.165) is 16.8 Å². The average molecular weight is 450 g/mol. The molecule has 6 nitrogen and oxygen atoms in total. The molecular formula is C23H20ClN5OS. The molecule has 0 bridgehead atoms. The van der Waals surface area contributed by atoms with E-state index in [1.165, 1.54) is 11.8 Å². The molecule has 0 aliphatic rings. The Morgan fingerprint density at radius 3 is 2.68 bits per heavy atom. The fourth-order valence-corrected chi connectivity index (χ4v) is 4.09. The maximum absolute atomic E-state index is 12.6. The number of hydrogen-bond acceptors (Lipinski definition) is 5. The number of aromatic nitrogens is 4. The molecule has 31 heavy (non-hydrogen) atoms. The highest BCUT2D eigenvalue weighted by molar-refractivity contribution is 7.99. The van der Waals surface area contributed by atoms with Crippen LogP contribution in [0.2, 0.25) is 5.02 Å². The predicted molar refractivity (Wildman–Crippen MR) is 123 cm³/mol. The Labute approximate surface area is 189 Å². The third-order valence-corrected chi connectivity index (χ3v) is 5.79. The Morgan fingerprint density at radius 1 is 1.10 bits per heavy atom. The summed E-state index contributed by atoms with van der Waals surface area (Å²) in [4.78, 5) is 16.8. The van der Waals surface area contributed by atoms with Crippen LogP contribution in [0.3, 0.4) is 0 Å². The van der Waals surface area contributed by atoms with Gasteiger partial charge in [0.05, 0.1) is 11.8 Å². The summed E-state index contributed by atoms with van der Waals surface area (Å²) in [5.74, 6) is 0.792. The quantitative estimate of drug-likeness (QED) is 0.404. The number of thioether (sulfide) groups is 1. The normalized spacial score (nSPS) is 11.8. The largest absolute Gasteiger partial charge is 0.349 e. The van der Waals surface area contributed by atoms with Gasteiger partial charge in [-0.05, 0) is 48.9 Å². The van der Waals surface area contributed by atoms with Crippen LogP contribution in [0.5, 0.6) is 0 Å². The maximum Gasteiger partial charge on any atom is 0.230 e. The van der Waals surface area contributed by atoms with E-state index in [-0.39, 0.29) is 17.7 Å². The van der Waals surface area contributed by atoms with Gasteiger partial charge in [-0.15, -0.1) is 10.2 Å². The van der Waals surface area contributed by atoms with E-state index in [9.17, 15) is 4.79 Å². The SMILES string of the molecule is CC(NC(=O)CSc1nnc(-c2cccnc2)n1-c1ccccc1)c1cccc(Cl)c1. The molecule has 2 aromatic heterocycles. The highest BCUT2D eigenvalue weighted by Gasteiger charge is 2.18. The lowest BCUT2D eigenvalue weighted by molar-refractivity contribution is -0.119. The molecule has 156 valence electrons. The number of nitrogens with zero attached hydrogens (tertiary/aromatic N) is 4. The Hall–Kier alpha value is -3.16. The Balaban J connectivity index is 1.52. The second-order valence-electron chi connectivity index (χ2n) is 6.85. The first-order chi connectivity index (χ1) is 15.1. The second kappa shape index (κ2) is 9.76. The number of pyridine rings is 1. The van der Waals surface area contributed by atoms with Crippen LogP contribution in [0.4, 0.5) is 0 Å². The van der Waals surface area contributed by atoms with Crippen molar-refractivity contribution in [3.05, 3.63) is 89.7 Å². The van der Waals surface area contributed by atoms with Crippen molar-refractivity contribution in [2.24, 2.45) is 0 Å². The van der Waals surface area contributed by atoms with Crippen molar-refractivity contribution in [1.29, 1.82) is 0 Å². The zero-order valence-electron chi connectivity index (χ0n) is 16.8. The van der Waals surface area contributed by atoms with E-state index < -0.39 is 0 Å². The molecule has 1 unspecified atom stereocenters. The zero-order valence-corrected chi connectivity index (χ0v) is 18.3. The molecular weight excluding hydrogens is 430 g/mol. The van der Waals surface area contributed by atoms with E-state index >= 15 is 0 Å². The lowest BCUT2D eigenvalue weighted by Gasteiger charge is -2.15. The number of amides is 1.